The van der Waals surface area contributed by atoms with Gasteiger partial charge in [0.05, 0.1) is 18.9 Å². The standard InChI is InChI=1S/C12H11FO3/c1-15-9-5-2-4-8(13)11(9)12(14)10-6-3-7-16-10/h2-7,12,14H,1H3. The van der Waals surface area contributed by atoms with Gasteiger partial charge in [0.15, 0.2) is 0 Å². The van der Waals surface area contributed by atoms with Crippen LogP contribution < -0.4 is 4.74 Å². The van der Waals surface area contributed by atoms with Crippen LogP contribution in [0.3, 0.4) is 0 Å². The summed E-state index contributed by atoms with van der Waals surface area (Å²) in [5.74, 6) is 0.0514. The zero-order valence-corrected chi connectivity index (χ0v) is 8.68. The van der Waals surface area contributed by atoms with Crippen LogP contribution in [-0.2, 0) is 0 Å². The molecule has 1 heterocycles. The van der Waals surface area contributed by atoms with E-state index in [2.05, 4.69) is 0 Å². The van der Waals surface area contributed by atoms with E-state index in [4.69, 9.17) is 9.15 Å². The van der Waals surface area contributed by atoms with Crippen LogP contribution in [0, 0.1) is 5.82 Å². The molecule has 1 N–H and O–H groups in total. The van der Waals surface area contributed by atoms with Crippen LogP contribution >= 0.6 is 0 Å². The summed E-state index contributed by atoms with van der Waals surface area (Å²) in [5, 5.41) is 9.96. The zero-order valence-electron chi connectivity index (χ0n) is 8.68. The minimum Gasteiger partial charge on any atom is -0.496 e. The lowest BCUT2D eigenvalue weighted by molar-refractivity contribution is 0.180. The van der Waals surface area contributed by atoms with Crippen molar-refractivity contribution in [3.8, 4) is 5.75 Å². The lowest BCUT2D eigenvalue weighted by atomic mass is 10.1. The Morgan fingerprint density at radius 2 is 2.12 bits per heavy atom. The van der Waals surface area contributed by atoms with Crippen LogP contribution in [0.1, 0.15) is 17.4 Å². The fourth-order valence-corrected chi connectivity index (χ4v) is 1.55. The molecule has 0 aliphatic carbocycles. The minimum absolute atomic E-state index is 0.0833. The van der Waals surface area contributed by atoms with Gasteiger partial charge in [-0.25, -0.2) is 4.39 Å². The summed E-state index contributed by atoms with van der Waals surface area (Å²) in [6, 6.07) is 7.59. The molecule has 16 heavy (non-hydrogen) atoms. The normalized spacial score (nSPS) is 12.4. The van der Waals surface area contributed by atoms with Crippen molar-refractivity contribution in [1.29, 1.82) is 0 Å². The van der Waals surface area contributed by atoms with Crippen molar-refractivity contribution < 1.29 is 18.7 Å². The minimum atomic E-state index is -1.16. The third-order valence-corrected chi connectivity index (χ3v) is 2.32. The van der Waals surface area contributed by atoms with Crippen molar-refractivity contribution in [3.05, 3.63) is 53.7 Å². The van der Waals surface area contributed by atoms with Crippen LogP contribution in [-0.4, -0.2) is 12.2 Å². The lowest BCUT2D eigenvalue weighted by Gasteiger charge is -2.13. The number of halogens is 1. The third-order valence-electron chi connectivity index (χ3n) is 2.32. The number of benzene rings is 1. The van der Waals surface area contributed by atoms with Crippen molar-refractivity contribution in [2.45, 2.75) is 6.10 Å². The smallest absolute Gasteiger partial charge is 0.143 e. The van der Waals surface area contributed by atoms with Crippen LogP contribution in [0.15, 0.2) is 41.0 Å². The highest BCUT2D eigenvalue weighted by Crippen LogP contribution is 2.32. The van der Waals surface area contributed by atoms with Gasteiger partial charge in [-0.05, 0) is 24.3 Å². The Kier molecular flexibility index (Phi) is 2.92. The van der Waals surface area contributed by atoms with E-state index in [9.17, 15) is 9.50 Å². The Morgan fingerprint density at radius 3 is 2.75 bits per heavy atom. The summed E-state index contributed by atoms with van der Waals surface area (Å²) in [5.41, 5.74) is 0.0833. The first-order valence-electron chi connectivity index (χ1n) is 4.78. The quantitative estimate of drug-likeness (QED) is 0.867. The van der Waals surface area contributed by atoms with E-state index in [1.165, 1.54) is 25.5 Å². The maximum Gasteiger partial charge on any atom is 0.143 e. The van der Waals surface area contributed by atoms with Crippen LogP contribution in [0.2, 0.25) is 0 Å². The molecular weight excluding hydrogens is 211 g/mol. The Hall–Kier alpha value is -1.81. The maximum atomic E-state index is 13.6. The molecule has 3 nitrogen and oxygen atoms in total. The van der Waals surface area contributed by atoms with Gasteiger partial charge in [-0.1, -0.05) is 6.07 Å². The second kappa shape index (κ2) is 4.37. The molecule has 0 radical (unpaired) electrons. The molecule has 0 saturated carbocycles. The Bertz CT molecular complexity index is 465. The molecule has 0 saturated heterocycles. The van der Waals surface area contributed by atoms with Crippen molar-refractivity contribution in [2.24, 2.45) is 0 Å². The Labute approximate surface area is 92.1 Å². The monoisotopic (exact) mass is 222 g/mol. The van der Waals surface area contributed by atoms with Crippen molar-refractivity contribution in [1.82, 2.24) is 0 Å². The number of methoxy groups -OCH3 is 1. The highest BCUT2D eigenvalue weighted by atomic mass is 19.1. The average Bonchev–Trinajstić information content (AvgIpc) is 2.81. The van der Waals surface area contributed by atoms with Crippen molar-refractivity contribution in [2.75, 3.05) is 7.11 Å². The predicted octanol–water partition coefficient (Wildman–Crippen LogP) is 2.51. The second-order valence-corrected chi connectivity index (χ2v) is 3.27. The van der Waals surface area contributed by atoms with Crippen LogP contribution in [0.25, 0.3) is 0 Å². The number of rotatable bonds is 3. The van der Waals surface area contributed by atoms with E-state index in [0.717, 1.165) is 0 Å². The highest BCUT2D eigenvalue weighted by Gasteiger charge is 2.21. The molecule has 0 aliphatic heterocycles. The molecule has 1 atom stereocenters. The van der Waals surface area contributed by atoms with Crippen molar-refractivity contribution in [3.63, 3.8) is 0 Å². The maximum absolute atomic E-state index is 13.6. The summed E-state index contributed by atoms with van der Waals surface area (Å²) >= 11 is 0. The van der Waals surface area contributed by atoms with Gasteiger partial charge in [0.2, 0.25) is 0 Å². The van der Waals surface area contributed by atoms with Crippen molar-refractivity contribution >= 4 is 0 Å². The number of hydrogen-bond acceptors (Lipinski definition) is 3. The third kappa shape index (κ3) is 1.79. The van der Waals surface area contributed by atoms with Crippen LogP contribution in [0.4, 0.5) is 4.39 Å². The van der Waals surface area contributed by atoms with E-state index in [-0.39, 0.29) is 11.3 Å². The molecule has 0 spiro atoms. The summed E-state index contributed by atoms with van der Waals surface area (Å²) < 4.78 is 23.6. The van der Waals surface area contributed by atoms with E-state index in [0.29, 0.717) is 5.75 Å². The molecule has 0 amide bonds. The molecule has 4 heteroatoms. The van der Waals surface area contributed by atoms with E-state index < -0.39 is 11.9 Å². The summed E-state index contributed by atoms with van der Waals surface area (Å²) in [4.78, 5) is 0. The number of aliphatic hydroxyl groups excluding tert-OH is 1. The fourth-order valence-electron chi connectivity index (χ4n) is 1.55. The van der Waals surface area contributed by atoms with E-state index >= 15 is 0 Å². The average molecular weight is 222 g/mol. The second-order valence-electron chi connectivity index (χ2n) is 3.27. The number of aliphatic hydroxyl groups is 1. The Morgan fingerprint density at radius 1 is 1.31 bits per heavy atom. The van der Waals surface area contributed by atoms with Gasteiger partial charge in [-0.2, -0.15) is 0 Å². The van der Waals surface area contributed by atoms with Gasteiger partial charge in [-0.3, -0.25) is 0 Å². The zero-order chi connectivity index (χ0) is 11.5. The van der Waals surface area contributed by atoms with Gasteiger partial charge >= 0.3 is 0 Å². The number of furan rings is 1. The molecule has 0 bridgehead atoms. The fraction of sp³-hybridized carbons (Fsp3) is 0.167. The van der Waals surface area contributed by atoms with Gasteiger partial charge < -0.3 is 14.3 Å². The molecule has 2 aromatic rings. The molecule has 1 aromatic heterocycles. The summed E-state index contributed by atoms with van der Waals surface area (Å²) in [6.07, 6.45) is 0.262. The first-order chi connectivity index (χ1) is 7.74. The van der Waals surface area contributed by atoms with Gasteiger partial charge in [-0.15, -0.1) is 0 Å². The SMILES string of the molecule is COc1cccc(F)c1C(O)c1ccco1. The largest absolute Gasteiger partial charge is 0.496 e. The number of hydrogen-bond donors (Lipinski definition) is 1. The molecule has 84 valence electrons. The van der Waals surface area contributed by atoms with E-state index in [1.54, 1.807) is 18.2 Å². The first-order valence-corrected chi connectivity index (χ1v) is 4.78. The summed E-state index contributed by atoms with van der Waals surface area (Å²) in [6.45, 7) is 0. The van der Waals surface area contributed by atoms with Crippen LogP contribution in [0.5, 0.6) is 5.75 Å². The molecule has 0 fully saturated rings. The van der Waals surface area contributed by atoms with Gasteiger partial charge in [0.1, 0.15) is 23.4 Å². The molecule has 2 rings (SSSR count). The lowest BCUT2D eigenvalue weighted by Crippen LogP contribution is -2.04. The highest BCUT2D eigenvalue weighted by molar-refractivity contribution is 5.39. The molecule has 1 aromatic carbocycles. The topological polar surface area (TPSA) is 42.6 Å². The number of ether oxygens (including phenoxy) is 1. The first kappa shape index (κ1) is 10.7. The Balaban J connectivity index is 2.47. The van der Waals surface area contributed by atoms with E-state index in [1.807, 2.05) is 0 Å². The predicted molar refractivity (Wildman–Crippen MR) is 55.7 cm³/mol. The summed E-state index contributed by atoms with van der Waals surface area (Å²) in [7, 11) is 1.42. The molecule has 0 aliphatic rings. The molecular formula is C12H11FO3. The molecule has 1 unspecified atom stereocenters. The van der Waals surface area contributed by atoms with Gasteiger partial charge in [0, 0.05) is 0 Å². The van der Waals surface area contributed by atoms with Gasteiger partial charge in [0.25, 0.3) is 0 Å².